The van der Waals surface area contributed by atoms with Gasteiger partial charge in [-0.15, -0.1) is 0 Å². The van der Waals surface area contributed by atoms with Gasteiger partial charge in [0.1, 0.15) is 24.7 Å². The number of unbranched alkanes of at least 4 members (excludes halogenated alkanes) is 1. The highest BCUT2D eigenvalue weighted by Crippen LogP contribution is 2.06. The van der Waals surface area contributed by atoms with Crippen LogP contribution in [0.25, 0.3) is 0 Å². The number of amides is 3. The Balaban J connectivity index is 2.95. The Morgan fingerprint density at radius 1 is 0.935 bits per heavy atom. The fourth-order valence-electron chi connectivity index (χ4n) is 2.74. The summed E-state index contributed by atoms with van der Waals surface area (Å²) in [5, 5.41) is 25.2. The highest BCUT2D eigenvalue weighted by molar-refractivity contribution is 5.93. The van der Waals surface area contributed by atoms with E-state index in [1.165, 1.54) is 0 Å². The molecule has 1 aromatic carbocycles. The Hall–Kier alpha value is -3.02. The zero-order valence-electron chi connectivity index (χ0n) is 17.3. The fraction of sp³-hybridized carbons (Fsp3) is 0.500. The fourth-order valence-corrected chi connectivity index (χ4v) is 2.74. The van der Waals surface area contributed by atoms with Crippen LogP contribution in [-0.2, 0) is 25.6 Å². The van der Waals surface area contributed by atoms with Crippen LogP contribution in [0.5, 0.6) is 0 Å². The summed E-state index contributed by atoms with van der Waals surface area (Å²) in [5.74, 6) is -3.21. The van der Waals surface area contributed by atoms with Crippen LogP contribution < -0.4 is 27.4 Å². The molecule has 3 amide bonds. The molecule has 3 unspecified atom stereocenters. The molecule has 0 aliphatic rings. The van der Waals surface area contributed by atoms with Gasteiger partial charge < -0.3 is 37.6 Å². The second-order valence-corrected chi connectivity index (χ2v) is 7.00. The van der Waals surface area contributed by atoms with Crippen LogP contribution in [0.3, 0.4) is 0 Å². The maximum atomic E-state index is 12.9. The second-order valence-electron chi connectivity index (χ2n) is 7.00. The molecule has 0 saturated heterocycles. The molecule has 1 rings (SSSR count). The third-order valence-corrected chi connectivity index (χ3v) is 4.44. The number of hydrogen-bond acceptors (Lipinski definition) is 7. The van der Waals surface area contributed by atoms with E-state index in [-0.39, 0.29) is 12.8 Å². The molecule has 0 heterocycles. The number of nitrogens with two attached hydrogens (primary N) is 2. The molecular formula is C20H31N5O6. The average molecular weight is 437 g/mol. The van der Waals surface area contributed by atoms with E-state index < -0.39 is 55.0 Å². The largest absolute Gasteiger partial charge is 0.480 e. The van der Waals surface area contributed by atoms with E-state index in [1.54, 1.807) is 30.3 Å². The molecule has 0 aliphatic carbocycles. The van der Waals surface area contributed by atoms with E-state index in [2.05, 4.69) is 16.0 Å². The average Bonchev–Trinajstić information content (AvgIpc) is 2.76. The van der Waals surface area contributed by atoms with Gasteiger partial charge in [-0.25, -0.2) is 0 Å². The minimum Gasteiger partial charge on any atom is -0.480 e. The lowest BCUT2D eigenvalue weighted by Crippen LogP contribution is -2.57. The Labute approximate surface area is 180 Å². The number of hydrogen-bond donors (Lipinski definition) is 7. The van der Waals surface area contributed by atoms with Crippen molar-refractivity contribution in [3.63, 3.8) is 0 Å². The third kappa shape index (κ3) is 10.0. The topological polar surface area (TPSA) is 197 Å². The van der Waals surface area contributed by atoms with Gasteiger partial charge in [0.25, 0.3) is 0 Å². The molecule has 0 radical (unpaired) electrons. The van der Waals surface area contributed by atoms with Crippen molar-refractivity contribution in [2.45, 2.75) is 43.8 Å². The molecular weight excluding hydrogens is 406 g/mol. The molecule has 31 heavy (non-hydrogen) atoms. The molecule has 11 nitrogen and oxygen atoms in total. The number of carbonyl (C=O) groups is 4. The van der Waals surface area contributed by atoms with Gasteiger partial charge in [0, 0.05) is 6.42 Å². The van der Waals surface area contributed by atoms with Gasteiger partial charge >= 0.3 is 5.97 Å². The van der Waals surface area contributed by atoms with Crippen molar-refractivity contribution >= 4 is 23.7 Å². The number of aliphatic hydroxyl groups excluding tert-OH is 1. The summed E-state index contributed by atoms with van der Waals surface area (Å²) in [6.07, 6.45) is 1.53. The van der Waals surface area contributed by atoms with E-state index in [0.717, 1.165) is 5.56 Å². The van der Waals surface area contributed by atoms with Gasteiger partial charge in [0.2, 0.25) is 17.7 Å². The Bertz CT molecular complexity index is 730. The first-order valence-corrected chi connectivity index (χ1v) is 9.99. The van der Waals surface area contributed by atoms with Gasteiger partial charge in [-0.2, -0.15) is 0 Å². The Kier molecular flexibility index (Phi) is 11.8. The van der Waals surface area contributed by atoms with Crippen LogP contribution in [-0.4, -0.2) is 71.7 Å². The maximum Gasteiger partial charge on any atom is 0.322 e. The molecule has 0 aromatic heterocycles. The minimum atomic E-state index is -1.22. The highest BCUT2D eigenvalue weighted by Gasteiger charge is 2.28. The van der Waals surface area contributed by atoms with Crippen molar-refractivity contribution in [3.05, 3.63) is 35.9 Å². The van der Waals surface area contributed by atoms with Crippen LogP contribution in [0.15, 0.2) is 30.3 Å². The summed E-state index contributed by atoms with van der Waals surface area (Å²) in [7, 11) is 0. The number of aliphatic carboxylic acids is 1. The van der Waals surface area contributed by atoms with Gasteiger partial charge in [-0.05, 0) is 31.4 Å². The molecule has 11 heteroatoms. The van der Waals surface area contributed by atoms with E-state index in [4.69, 9.17) is 21.7 Å². The lowest BCUT2D eigenvalue weighted by atomic mass is 10.0. The van der Waals surface area contributed by atoms with E-state index in [0.29, 0.717) is 19.4 Å². The van der Waals surface area contributed by atoms with Crippen LogP contribution in [0, 0.1) is 0 Å². The zero-order chi connectivity index (χ0) is 23.2. The molecule has 172 valence electrons. The van der Waals surface area contributed by atoms with E-state index >= 15 is 0 Å². The lowest BCUT2D eigenvalue weighted by molar-refractivity contribution is -0.138. The van der Waals surface area contributed by atoms with Gasteiger partial charge in [0.05, 0.1) is 6.61 Å². The number of nitrogens with one attached hydrogen (secondary N) is 3. The quantitative estimate of drug-likeness (QED) is 0.160. The molecule has 0 bridgehead atoms. The van der Waals surface area contributed by atoms with Crippen LogP contribution in [0.4, 0.5) is 0 Å². The summed E-state index contributed by atoms with van der Waals surface area (Å²) in [6.45, 7) is -0.772. The number of carboxylic acids is 1. The molecule has 0 spiro atoms. The monoisotopic (exact) mass is 437 g/mol. The van der Waals surface area contributed by atoms with Gasteiger partial charge in [-0.1, -0.05) is 30.3 Å². The molecule has 3 atom stereocenters. The zero-order valence-corrected chi connectivity index (χ0v) is 17.3. The highest BCUT2D eigenvalue weighted by atomic mass is 16.4. The first kappa shape index (κ1) is 26.0. The van der Waals surface area contributed by atoms with Crippen LogP contribution in [0.1, 0.15) is 24.8 Å². The molecule has 0 aliphatic heterocycles. The van der Waals surface area contributed by atoms with Gasteiger partial charge in [-0.3, -0.25) is 19.2 Å². The third-order valence-electron chi connectivity index (χ3n) is 4.44. The number of carboxylic acid groups (broad SMARTS) is 1. The number of benzene rings is 1. The van der Waals surface area contributed by atoms with E-state index in [9.17, 15) is 19.2 Å². The first-order chi connectivity index (χ1) is 14.8. The Morgan fingerprint density at radius 3 is 2.16 bits per heavy atom. The van der Waals surface area contributed by atoms with Crippen molar-refractivity contribution < 1.29 is 29.4 Å². The van der Waals surface area contributed by atoms with Crippen molar-refractivity contribution in [1.82, 2.24) is 16.0 Å². The summed E-state index contributed by atoms with van der Waals surface area (Å²) in [6, 6.07) is 5.65. The smallest absolute Gasteiger partial charge is 0.322 e. The number of rotatable bonds is 14. The van der Waals surface area contributed by atoms with Crippen molar-refractivity contribution in [2.75, 3.05) is 19.7 Å². The maximum absolute atomic E-state index is 12.9. The lowest BCUT2D eigenvalue weighted by Gasteiger charge is -2.24. The van der Waals surface area contributed by atoms with Crippen LogP contribution in [0.2, 0.25) is 0 Å². The van der Waals surface area contributed by atoms with Crippen molar-refractivity contribution in [2.24, 2.45) is 11.5 Å². The second kappa shape index (κ2) is 14.1. The van der Waals surface area contributed by atoms with Gasteiger partial charge in [0.15, 0.2) is 0 Å². The van der Waals surface area contributed by atoms with Crippen molar-refractivity contribution in [3.8, 4) is 0 Å². The Morgan fingerprint density at radius 2 is 1.58 bits per heavy atom. The number of aliphatic hydroxyl groups is 1. The van der Waals surface area contributed by atoms with Crippen molar-refractivity contribution in [1.29, 1.82) is 0 Å². The summed E-state index contributed by atoms with van der Waals surface area (Å²) >= 11 is 0. The van der Waals surface area contributed by atoms with Crippen LogP contribution >= 0.6 is 0 Å². The predicted octanol–water partition coefficient (Wildman–Crippen LogP) is -2.15. The molecule has 0 saturated carbocycles. The number of carbonyl (C=O) groups excluding carboxylic acids is 3. The normalized spacial score (nSPS) is 13.5. The summed E-state index contributed by atoms with van der Waals surface area (Å²) in [5.41, 5.74) is 11.8. The SMILES string of the molecule is NCCCCC(NC(=O)C(Cc1ccccc1)NC(=O)C(N)CO)C(=O)NCC(=O)O. The first-order valence-electron chi connectivity index (χ1n) is 9.99. The predicted molar refractivity (Wildman–Crippen MR) is 113 cm³/mol. The molecule has 0 fully saturated rings. The standard InChI is InChI=1S/C20H31N5O6/c21-9-5-4-8-15(19(30)23-11-17(27)28)24-20(31)16(25-18(29)14(22)12-26)10-13-6-2-1-3-7-13/h1-3,6-7,14-16,26H,4-5,8-12,21-22H2,(H,23,30)(H,24,31)(H,25,29)(H,27,28). The molecule has 9 N–H and O–H groups in total. The minimum absolute atomic E-state index is 0.128. The van der Waals surface area contributed by atoms with E-state index in [1.807, 2.05) is 0 Å². The molecule has 1 aromatic rings. The summed E-state index contributed by atoms with van der Waals surface area (Å²) in [4.78, 5) is 48.2. The summed E-state index contributed by atoms with van der Waals surface area (Å²) < 4.78 is 0.